The van der Waals surface area contributed by atoms with Crippen molar-refractivity contribution >= 4 is 11.4 Å². The molecule has 0 aliphatic rings. The minimum atomic E-state index is 0.839. The Labute approximate surface area is 89.3 Å². The molecule has 0 aromatic heterocycles. The average Bonchev–Trinajstić information content (AvgIpc) is 2.30. The molecule has 0 unspecified atom stereocenters. The van der Waals surface area contributed by atoms with E-state index in [-0.39, 0.29) is 0 Å². The molecule has 0 spiro atoms. The topological polar surface area (TPSA) is 24.7 Å². The standard InChI is InChI=1S/C13H11N2/c1-11-7-9-13(10-8-11)15-14-12-5-3-2-4-6-12/h2-10H,1H2/b15-14+. The van der Waals surface area contributed by atoms with Crippen LogP contribution in [0.2, 0.25) is 0 Å². The van der Waals surface area contributed by atoms with E-state index in [1.54, 1.807) is 0 Å². The molecule has 0 atom stereocenters. The maximum atomic E-state index is 4.11. The second-order valence-corrected chi connectivity index (χ2v) is 3.20. The Morgan fingerprint density at radius 3 is 1.80 bits per heavy atom. The van der Waals surface area contributed by atoms with Gasteiger partial charge >= 0.3 is 0 Å². The van der Waals surface area contributed by atoms with Gasteiger partial charge in [-0.2, -0.15) is 10.2 Å². The van der Waals surface area contributed by atoms with E-state index in [1.165, 1.54) is 0 Å². The van der Waals surface area contributed by atoms with E-state index in [1.807, 2.05) is 54.6 Å². The van der Waals surface area contributed by atoms with Crippen LogP contribution in [0.3, 0.4) is 0 Å². The van der Waals surface area contributed by atoms with Crippen LogP contribution in [0.1, 0.15) is 5.56 Å². The van der Waals surface area contributed by atoms with Crippen molar-refractivity contribution < 1.29 is 0 Å². The van der Waals surface area contributed by atoms with Gasteiger partial charge in [-0.15, -0.1) is 0 Å². The maximum absolute atomic E-state index is 4.11. The van der Waals surface area contributed by atoms with Crippen molar-refractivity contribution in [2.45, 2.75) is 0 Å². The highest BCUT2D eigenvalue weighted by Gasteiger charge is 1.89. The van der Waals surface area contributed by atoms with Gasteiger partial charge in [0.05, 0.1) is 11.4 Å². The Balaban J connectivity index is 2.15. The zero-order valence-electron chi connectivity index (χ0n) is 8.30. The molecule has 73 valence electrons. The summed E-state index contributed by atoms with van der Waals surface area (Å²) in [4.78, 5) is 0. The molecule has 0 aliphatic heterocycles. The quantitative estimate of drug-likeness (QED) is 0.639. The summed E-state index contributed by atoms with van der Waals surface area (Å²) >= 11 is 0. The minimum Gasteiger partial charge on any atom is -0.151 e. The van der Waals surface area contributed by atoms with Crippen molar-refractivity contribution in [3.63, 3.8) is 0 Å². The van der Waals surface area contributed by atoms with Crippen molar-refractivity contribution in [2.75, 3.05) is 0 Å². The maximum Gasteiger partial charge on any atom is 0.0857 e. The molecule has 1 radical (unpaired) electrons. The molecular weight excluding hydrogens is 184 g/mol. The molecule has 2 aromatic carbocycles. The van der Waals surface area contributed by atoms with E-state index in [0.717, 1.165) is 16.9 Å². The second kappa shape index (κ2) is 4.51. The van der Waals surface area contributed by atoms with Crippen LogP contribution in [-0.2, 0) is 0 Å². The number of rotatable bonds is 2. The number of hydrogen-bond acceptors (Lipinski definition) is 2. The van der Waals surface area contributed by atoms with Gasteiger partial charge in [0.2, 0.25) is 0 Å². The van der Waals surface area contributed by atoms with Gasteiger partial charge in [-0.1, -0.05) is 30.3 Å². The molecule has 2 aromatic rings. The molecule has 0 N–H and O–H groups in total. The van der Waals surface area contributed by atoms with Crippen LogP contribution in [0.25, 0.3) is 0 Å². The predicted molar refractivity (Wildman–Crippen MR) is 61.5 cm³/mol. The summed E-state index contributed by atoms with van der Waals surface area (Å²) in [5.74, 6) is 0. The molecule has 0 saturated heterocycles. The molecule has 0 saturated carbocycles. The highest BCUT2D eigenvalue weighted by Crippen LogP contribution is 2.17. The first-order valence-corrected chi connectivity index (χ1v) is 4.73. The first kappa shape index (κ1) is 9.59. The van der Waals surface area contributed by atoms with E-state index in [4.69, 9.17) is 0 Å². The lowest BCUT2D eigenvalue weighted by Crippen LogP contribution is -1.68. The first-order chi connectivity index (χ1) is 7.34. The summed E-state index contributed by atoms with van der Waals surface area (Å²) in [6.07, 6.45) is 0. The monoisotopic (exact) mass is 195 g/mol. The minimum absolute atomic E-state index is 0.839. The lowest BCUT2D eigenvalue weighted by Gasteiger charge is -1.93. The van der Waals surface area contributed by atoms with E-state index in [0.29, 0.717) is 0 Å². The lowest BCUT2D eigenvalue weighted by atomic mass is 10.2. The van der Waals surface area contributed by atoms with Crippen molar-refractivity contribution in [2.24, 2.45) is 10.2 Å². The Bertz CT molecular complexity index is 444. The van der Waals surface area contributed by atoms with Gasteiger partial charge in [0.1, 0.15) is 0 Å². The molecule has 2 rings (SSSR count). The van der Waals surface area contributed by atoms with Gasteiger partial charge in [0, 0.05) is 0 Å². The van der Waals surface area contributed by atoms with Gasteiger partial charge < -0.3 is 0 Å². The summed E-state index contributed by atoms with van der Waals surface area (Å²) < 4.78 is 0. The van der Waals surface area contributed by atoms with Crippen LogP contribution in [0.15, 0.2) is 64.8 Å². The molecule has 0 aliphatic carbocycles. The molecule has 2 heteroatoms. The second-order valence-electron chi connectivity index (χ2n) is 3.20. The number of nitrogens with zero attached hydrogens (tertiary/aromatic N) is 2. The highest BCUT2D eigenvalue weighted by atomic mass is 15.1. The molecule has 2 nitrogen and oxygen atoms in total. The van der Waals surface area contributed by atoms with Crippen LogP contribution in [0, 0.1) is 6.92 Å². The van der Waals surface area contributed by atoms with Crippen LogP contribution < -0.4 is 0 Å². The van der Waals surface area contributed by atoms with Gasteiger partial charge in [0.25, 0.3) is 0 Å². The van der Waals surface area contributed by atoms with Gasteiger partial charge in [-0.3, -0.25) is 0 Å². The summed E-state index contributed by atoms with van der Waals surface area (Å²) in [5, 5.41) is 8.23. The Morgan fingerprint density at radius 1 is 0.667 bits per heavy atom. The summed E-state index contributed by atoms with van der Waals surface area (Å²) in [7, 11) is 0. The molecule has 15 heavy (non-hydrogen) atoms. The summed E-state index contributed by atoms with van der Waals surface area (Å²) in [5.41, 5.74) is 2.68. The zero-order valence-corrected chi connectivity index (χ0v) is 8.30. The molecule has 0 bridgehead atoms. The Morgan fingerprint density at radius 2 is 1.20 bits per heavy atom. The fraction of sp³-hybridized carbons (Fsp3) is 0. The van der Waals surface area contributed by atoms with Crippen molar-refractivity contribution in [3.05, 3.63) is 67.1 Å². The Hall–Kier alpha value is -1.96. The van der Waals surface area contributed by atoms with Crippen LogP contribution in [0.5, 0.6) is 0 Å². The van der Waals surface area contributed by atoms with Crippen LogP contribution >= 0.6 is 0 Å². The Kier molecular flexibility index (Phi) is 2.88. The fourth-order valence-corrected chi connectivity index (χ4v) is 1.17. The third-order valence-electron chi connectivity index (χ3n) is 1.97. The van der Waals surface area contributed by atoms with Crippen LogP contribution in [-0.4, -0.2) is 0 Å². The van der Waals surface area contributed by atoms with E-state index in [2.05, 4.69) is 17.2 Å². The highest BCUT2D eigenvalue weighted by molar-refractivity contribution is 5.41. The lowest BCUT2D eigenvalue weighted by molar-refractivity contribution is 1.23. The average molecular weight is 195 g/mol. The largest absolute Gasteiger partial charge is 0.151 e. The number of azo groups is 1. The zero-order chi connectivity index (χ0) is 10.5. The van der Waals surface area contributed by atoms with Gasteiger partial charge in [-0.25, -0.2) is 0 Å². The number of hydrogen-bond donors (Lipinski definition) is 0. The molecule has 0 heterocycles. The summed E-state index contributed by atoms with van der Waals surface area (Å²) in [6, 6.07) is 17.3. The molecular formula is C13H11N2. The van der Waals surface area contributed by atoms with Gasteiger partial charge in [0.15, 0.2) is 0 Å². The normalized spacial score (nSPS) is 10.7. The summed E-state index contributed by atoms with van der Waals surface area (Å²) in [6.45, 7) is 3.81. The smallest absolute Gasteiger partial charge is 0.0857 e. The van der Waals surface area contributed by atoms with E-state index in [9.17, 15) is 0 Å². The van der Waals surface area contributed by atoms with Gasteiger partial charge in [-0.05, 0) is 36.8 Å². The van der Waals surface area contributed by atoms with Crippen molar-refractivity contribution in [1.29, 1.82) is 0 Å². The first-order valence-electron chi connectivity index (χ1n) is 4.73. The van der Waals surface area contributed by atoms with E-state index >= 15 is 0 Å². The van der Waals surface area contributed by atoms with Crippen LogP contribution in [0.4, 0.5) is 11.4 Å². The SMILES string of the molecule is [CH2]c1ccc(/N=N/c2ccccc2)cc1. The third-order valence-corrected chi connectivity index (χ3v) is 1.97. The third kappa shape index (κ3) is 2.74. The predicted octanol–water partition coefficient (Wildman–Crippen LogP) is 4.28. The van der Waals surface area contributed by atoms with E-state index < -0.39 is 0 Å². The molecule has 0 fully saturated rings. The molecule has 0 amide bonds. The van der Waals surface area contributed by atoms with Crippen molar-refractivity contribution in [3.8, 4) is 0 Å². The number of benzene rings is 2. The van der Waals surface area contributed by atoms with Crippen molar-refractivity contribution in [1.82, 2.24) is 0 Å². The fourth-order valence-electron chi connectivity index (χ4n) is 1.17.